The number of ether oxygens (including phenoxy) is 1. The summed E-state index contributed by atoms with van der Waals surface area (Å²) in [5.74, 6) is -0.350. The van der Waals surface area contributed by atoms with E-state index in [0.717, 1.165) is 6.42 Å². The monoisotopic (exact) mass is 199 g/mol. The van der Waals surface area contributed by atoms with Gasteiger partial charge in [0.15, 0.2) is 6.23 Å². The van der Waals surface area contributed by atoms with Crippen LogP contribution in [0.15, 0.2) is 12.2 Å². The van der Waals surface area contributed by atoms with Crippen LogP contribution in [-0.4, -0.2) is 17.7 Å². The third-order valence-corrected chi connectivity index (χ3v) is 2.11. The van der Waals surface area contributed by atoms with Gasteiger partial charge in [-0.1, -0.05) is 13.5 Å². The van der Waals surface area contributed by atoms with Gasteiger partial charge in [0, 0.05) is 11.1 Å². The molecule has 0 amide bonds. The van der Waals surface area contributed by atoms with E-state index in [4.69, 9.17) is 4.74 Å². The topological polar surface area (TPSA) is 38.3 Å². The normalized spacial score (nSPS) is 13.5. The van der Waals surface area contributed by atoms with Crippen molar-refractivity contribution in [3.63, 3.8) is 0 Å². The van der Waals surface area contributed by atoms with Gasteiger partial charge in [0.1, 0.15) is 0 Å². The minimum absolute atomic E-state index is 0.0191. The Hall–Kier alpha value is -0.830. The van der Waals surface area contributed by atoms with E-state index in [9.17, 15) is 4.79 Å². The van der Waals surface area contributed by atoms with E-state index in [0.29, 0.717) is 5.57 Å². The van der Waals surface area contributed by atoms with E-state index >= 15 is 0 Å². The molecule has 1 atom stereocenters. The molecule has 1 N–H and O–H groups in total. The molecule has 0 aromatic carbocycles. The fraction of sp³-hybridized carbons (Fsp3) is 0.727. The molecule has 0 aromatic heterocycles. The molecule has 0 aliphatic heterocycles. The van der Waals surface area contributed by atoms with Gasteiger partial charge >= 0.3 is 5.97 Å². The predicted molar refractivity (Wildman–Crippen MR) is 57.9 cm³/mol. The van der Waals surface area contributed by atoms with Crippen molar-refractivity contribution in [1.82, 2.24) is 5.32 Å². The fourth-order valence-corrected chi connectivity index (χ4v) is 0.943. The molecule has 0 aliphatic carbocycles. The Bertz CT molecular complexity index is 221. The van der Waals surface area contributed by atoms with Crippen molar-refractivity contribution in [3.8, 4) is 0 Å². The molecular weight excluding hydrogens is 178 g/mol. The summed E-state index contributed by atoms with van der Waals surface area (Å²) in [5, 5.41) is 3.21. The Kier molecular flexibility index (Phi) is 4.85. The lowest BCUT2D eigenvalue weighted by Gasteiger charge is -2.28. The minimum atomic E-state index is -0.350. The van der Waals surface area contributed by atoms with Crippen molar-refractivity contribution < 1.29 is 9.53 Å². The van der Waals surface area contributed by atoms with Crippen molar-refractivity contribution >= 4 is 5.97 Å². The van der Waals surface area contributed by atoms with E-state index in [2.05, 4.69) is 32.7 Å². The van der Waals surface area contributed by atoms with Crippen molar-refractivity contribution in [1.29, 1.82) is 0 Å². The molecule has 0 spiro atoms. The molecule has 0 aromatic rings. The zero-order chi connectivity index (χ0) is 11.4. The SMILES string of the molecule is C=C(C)C(=O)OC(C)NC(C)(C)CC. The number of rotatable bonds is 5. The molecule has 0 aliphatic rings. The molecule has 0 radical (unpaired) electrons. The average molecular weight is 199 g/mol. The molecule has 0 rings (SSSR count). The highest BCUT2D eigenvalue weighted by molar-refractivity contribution is 5.87. The van der Waals surface area contributed by atoms with Crippen LogP contribution in [-0.2, 0) is 9.53 Å². The number of hydrogen-bond donors (Lipinski definition) is 1. The Morgan fingerprint density at radius 3 is 2.43 bits per heavy atom. The molecule has 82 valence electrons. The number of esters is 1. The summed E-state index contributed by atoms with van der Waals surface area (Å²) in [5.41, 5.74) is 0.405. The summed E-state index contributed by atoms with van der Waals surface area (Å²) >= 11 is 0. The second kappa shape index (κ2) is 5.15. The van der Waals surface area contributed by atoms with Crippen LogP contribution in [0.3, 0.4) is 0 Å². The van der Waals surface area contributed by atoms with Gasteiger partial charge in [-0.15, -0.1) is 0 Å². The highest BCUT2D eigenvalue weighted by Crippen LogP contribution is 2.09. The summed E-state index contributed by atoms with van der Waals surface area (Å²) in [6.07, 6.45) is 0.691. The lowest BCUT2D eigenvalue weighted by Crippen LogP contribution is -2.46. The minimum Gasteiger partial charge on any atom is -0.444 e. The quantitative estimate of drug-likeness (QED) is 0.419. The van der Waals surface area contributed by atoms with E-state index < -0.39 is 0 Å². The lowest BCUT2D eigenvalue weighted by molar-refractivity contribution is -0.145. The molecule has 14 heavy (non-hydrogen) atoms. The second-order valence-electron chi connectivity index (χ2n) is 4.21. The molecule has 0 bridgehead atoms. The smallest absolute Gasteiger partial charge is 0.334 e. The Morgan fingerprint density at radius 2 is 2.07 bits per heavy atom. The van der Waals surface area contributed by atoms with Crippen molar-refractivity contribution in [2.24, 2.45) is 0 Å². The van der Waals surface area contributed by atoms with Gasteiger partial charge in [0.25, 0.3) is 0 Å². The van der Waals surface area contributed by atoms with Gasteiger partial charge in [-0.25, -0.2) is 4.79 Å². The zero-order valence-electron chi connectivity index (χ0n) is 9.81. The highest BCUT2D eigenvalue weighted by Gasteiger charge is 2.19. The summed E-state index contributed by atoms with van der Waals surface area (Å²) < 4.78 is 5.10. The average Bonchev–Trinajstić information content (AvgIpc) is 2.02. The maximum atomic E-state index is 11.2. The molecule has 0 fully saturated rings. The van der Waals surface area contributed by atoms with Crippen LogP contribution in [0.1, 0.15) is 41.0 Å². The number of nitrogens with one attached hydrogen (secondary N) is 1. The lowest BCUT2D eigenvalue weighted by atomic mass is 10.0. The maximum absolute atomic E-state index is 11.2. The van der Waals surface area contributed by atoms with E-state index in [-0.39, 0.29) is 17.7 Å². The first-order valence-corrected chi connectivity index (χ1v) is 4.92. The molecule has 0 heterocycles. The first kappa shape index (κ1) is 13.2. The van der Waals surface area contributed by atoms with Gasteiger partial charge < -0.3 is 4.74 Å². The molecule has 0 saturated carbocycles. The highest BCUT2D eigenvalue weighted by atomic mass is 16.6. The predicted octanol–water partition coefficient (Wildman–Crippen LogP) is 2.23. The second-order valence-corrected chi connectivity index (χ2v) is 4.21. The van der Waals surface area contributed by atoms with Crippen LogP contribution < -0.4 is 5.32 Å². The van der Waals surface area contributed by atoms with Gasteiger partial charge in [-0.2, -0.15) is 0 Å². The van der Waals surface area contributed by atoms with Gasteiger partial charge in [-0.05, 0) is 34.1 Å². The summed E-state index contributed by atoms with van der Waals surface area (Å²) in [4.78, 5) is 11.2. The summed E-state index contributed by atoms with van der Waals surface area (Å²) in [7, 11) is 0. The van der Waals surface area contributed by atoms with Crippen LogP contribution in [0, 0.1) is 0 Å². The first-order valence-electron chi connectivity index (χ1n) is 4.92. The van der Waals surface area contributed by atoms with Crippen LogP contribution in [0.2, 0.25) is 0 Å². The zero-order valence-corrected chi connectivity index (χ0v) is 9.81. The van der Waals surface area contributed by atoms with E-state index in [1.807, 2.05) is 6.92 Å². The number of hydrogen-bond acceptors (Lipinski definition) is 3. The largest absolute Gasteiger partial charge is 0.444 e. The Labute approximate surface area is 86.5 Å². The van der Waals surface area contributed by atoms with Crippen LogP contribution in [0.5, 0.6) is 0 Å². The summed E-state index contributed by atoms with van der Waals surface area (Å²) in [6.45, 7) is 13.2. The Morgan fingerprint density at radius 1 is 1.57 bits per heavy atom. The molecular formula is C11H21NO2. The fourth-order valence-electron chi connectivity index (χ4n) is 0.943. The maximum Gasteiger partial charge on any atom is 0.334 e. The Balaban J connectivity index is 4.05. The van der Waals surface area contributed by atoms with Crippen LogP contribution in [0.4, 0.5) is 0 Å². The first-order chi connectivity index (χ1) is 6.28. The molecule has 3 nitrogen and oxygen atoms in total. The van der Waals surface area contributed by atoms with Crippen molar-refractivity contribution in [2.45, 2.75) is 52.8 Å². The molecule has 3 heteroatoms. The van der Waals surface area contributed by atoms with Crippen LogP contribution in [0.25, 0.3) is 0 Å². The van der Waals surface area contributed by atoms with E-state index in [1.165, 1.54) is 0 Å². The van der Waals surface area contributed by atoms with Crippen molar-refractivity contribution in [3.05, 3.63) is 12.2 Å². The molecule has 1 unspecified atom stereocenters. The standard InChI is InChI=1S/C11H21NO2/c1-7-11(5,6)12-9(4)14-10(13)8(2)3/h9,12H,2,7H2,1,3-6H3. The van der Waals surface area contributed by atoms with Gasteiger partial charge in [0.2, 0.25) is 0 Å². The third kappa shape index (κ3) is 5.02. The van der Waals surface area contributed by atoms with Crippen LogP contribution >= 0.6 is 0 Å². The van der Waals surface area contributed by atoms with Crippen molar-refractivity contribution in [2.75, 3.05) is 0 Å². The number of carbonyl (C=O) groups excluding carboxylic acids is 1. The van der Waals surface area contributed by atoms with Gasteiger partial charge in [-0.3, -0.25) is 5.32 Å². The molecule has 0 saturated heterocycles. The summed E-state index contributed by atoms with van der Waals surface area (Å²) in [6, 6.07) is 0. The van der Waals surface area contributed by atoms with E-state index in [1.54, 1.807) is 6.92 Å². The van der Waals surface area contributed by atoms with Gasteiger partial charge in [0.05, 0.1) is 0 Å². The third-order valence-electron chi connectivity index (χ3n) is 2.11. The number of carbonyl (C=O) groups is 1.